The molecule has 1 aromatic heterocycles. The molecule has 0 aliphatic heterocycles. The molecule has 1 amide bonds. The molecule has 2 aromatic carbocycles. The number of benzene rings is 2. The van der Waals surface area contributed by atoms with Gasteiger partial charge in [-0.1, -0.05) is 17.8 Å². The fraction of sp³-hybridized carbons (Fsp3) is 0.240. The van der Waals surface area contributed by atoms with E-state index in [9.17, 15) is 14.4 Å². The summed E-state index contributed by atoms with van der Waals surface area (Å²) < 4.78 is 22.2. The van der Waals surface area contributed by atoms with Crippen molar-refractivity contribution in [1.29, 1.82) is 0 Å². The van der Waals surface area contributed by atoms with Crippen molar-refractivity contribution in [3.63, 3.8) is 0 Å². The predicted octanol–water partition coefficient (Wildman–Crippen LogP) is 3.36. The summed E-state index contributed by atoms with van der Waals surface area (Å²) in [6.07, 6.45) is 1.69. The summed E-state index contributed by atoms with van der Waals surface area (Å²) >= 11 is 1.15. The molecule has 0 radical (unpaired) electrons. The number of nitrogens with one attached hydrogen (secondary N) is 1. The van der Waals surface area contributed by atoms with Crippen LogP contribution in [0.25, 0.3) is 0 Å². The second kappa shape index (κ2) is 13.1. The first-order valence-electron chi connectivity index (χ1n) is 10.9. The van der Waals surface area contributed by atoms with Gasteiger partial charge in [0.15, 0.2) is 11.0 Å². The number of esters is 2. The summed E-state index contributed by atoms with van der Waals surface area (Å²) in [5.74, 6) is 0.166. The first-order valence-corrected chi connectivity index (χ1v) is 11.9. The van der Waals surface area contributed by atoms with Crippen molar-refractivity contribution in [3.8, 4) is 11.5 Å². The van der Waals surface area contributed by atoms with Gasteiger partial charge in [0.25, 0.3) is 0 Å². The van der Waals surface area contributed by atoms with Crippen LogP contribution < -0.4 is 14.8 Å². The summed E-state index contributed by atoms with van der Waals surface area (Å²) in [7, 11) is 4.05. The molecule has 3 aromatic rings. The van der Waals surface area contributed by atoms with Crippen molar-refractivity contribution in [2.24, 2.45) is 0 Å². The number of carbonyl (C=O) groups excluding carboxylic acids is 3. The van der Waals surface area contributed by atoms with Crippen molar-refractivity contribution >= 4 is 35.3 Å². The summed E-state index contributed by atoms with van der Waals surface area (Å²) in [4.78, 5) is 36.7. The van der Waals surface area contributed by atoms with Gasteiger partial charge >= 0.3 is 11.9 Å². The van der Waals surface area contributed by atoms with Crippen LogP contribution in [0.4, 0.5) is 5.69 Å². The third-order valence-corrected chi connectivity index (χ3v) is 5.95. The number of ether oxygens (including phenoxy) is 4. The van der Waals surface area contributed by atoms with E-state index < -0.39 is 17.8 Å². The maximum Gasteiger partial charge on any atom is 0.339 e. The number of hydrogen-bond acceptors (Lipinski definition) is 10. The highest BCUT2D eigenvalue weighted by Gasteiger charge is 2.19. The fourth-order valence-corrected chi connectivity index (χ4v) is 3.93. The molecule has 0 fully saturated rings. The Balaban J connectivity index is 1.69. The molecule has 0 bridgehead atoms. The highest BCUT2D eigenvalue weighted by atomic mass is 32.2. The Morgan fingerprint density at radius 1 is 1.00 bits per heavy atom. The zero-order chi connectivity index (χ0) is 26.8. The molecule has 1 heterocycles. The number of anilines is 1. The first-order chi connectivity index (χ1) is 17.9. The van der Waals surface area contributed by atoms with Crippen molar-refractivity contribution in [3.05, 3.63) is 72.1 Å². The predicted molar refractivity (Wildman–Crippen MR) is 136 cm³/mol. The van der Waals surface area contributed by atoms with E-state index in [1.165, 1.54) is 32.4 Å². The van der Waals surface area contributed by atoms with E-state index in [0.29, 0.717) is 23.3 Å². The van der Waals surface area contributed by atoms with Gasteiger partial charge in [0, 0.05) is 6.54 Å². The van der Waals surface area contributed by atoms with Gasteiger partial charge < -0.3 is 24.3 Å². The van der Waals surface area contributed by atoms with E-state index >= 15 is 0 Å². The average molecular weight is 527 g/mol. The molecule has 11 nitrogen and oxygen atoms in total. The van der Waals surface area contributed by atoms with Gasteiger partial charge in [-0.3, -0.25) is 9.36 Å². The largest absolute Gasteiger partial charge is 0.497 e. The standard InChI is InChI=1S/C25H26N4O7S/c1-5-12-29-21(14-36-18-9-7-17(33-2)8-10-18)27-28-25(29)37-15-22(30)26-20-13-16(23(31)34-3)6-11-19(20)24(32)35-4/h5-11,13H,1,12,14-15H2,2-4H3,(H,26,30). The second-order valence-corrected chi connectivity index (χ2v) is 8.29. The van der Waals surface area contributed by atoms with Crippen LogP contribution in [0, 0.1) is 0 Å². The number of allylic oxidation sites excluding steroid dienone is 1. The van der Waals surface area contributed by atoms with Gasteiger partial charge in [0.2, 0.25) is 5.91 Å². The minimum atomic E-state index is -0.661. The summed E-state index contributed by atoms with van der Waals surface area (Å²) in [5, 5.41) is 11.5. The minimum absolute atomic E-state index is 0.0440. The second-order valence-electron chi connectivity index (χ2n) is 7.34. The topological polar surface area (TPSA) is 131 Å². The highest BCUT2D eigenvalue weighted by Crippen LogP contribution is 2.23. The number of thioether (sulfide) groups is 1. The summed E-state index contributed by atoms with van der Waals surface area (Å²) in [6, 6.07) is 11.3. The fourth-order valence-electron chi connectivity index (χ4n) is 3.16. The molecule has 12 heteroatoms. The van der Waals surface area contributed by atoms with E-state index in [-0.39, 0.29) is 29.2 Å². The molecule has 0 saturated carbocycles. The third-order valence-electron chi connectivity index (χ3n) is 4.98. The Bertz CT molecular complexity index is 1270. The monoisotopic (exact) mass is 526 g/mol. The van der Waals surface area contributed by atoms with Crippen molar-refractivity contribution in [2.75, 3.05) is 32.4 Å². The van der Waals surface area contributed by atoms with Crippen LogP contribution in [0.1, 0.15) is 26.5 Å². The lowest BCUT2D eigenvalue weighted by atomic mass is 10.1. The Hall–Kier alpha value is -4.32. The summed E-state index contributed by atoms with van der Waals surface area (Å²) in [6.45, 7) is 4.33. The number of methoxy groups -OCH3 is 3. The first kappa shape index (κ1) is 27.3. The normalized spacial score (nSPS) is 10.4. The lowest BCUT2D eigenvalue weighted by Gasteiger charge is -2.12. The molecule has 0 unspecified atom stereocenters. The van der Waals surface area contributed by atoms with Crippen molar-refractivity contribution in [1.82, 2.24) is 14.8 Å². The number of amides is 1. The molecule has 0 spiro atoms. The number of aromatic nitrogens is 3. The Labute approximate surface area is 217 Å². The Kier molecular flexibility index (Phi) is 9.67. The van der Waals surface area contributed by atoms with Gasteiger partial charge in [0.1, 0.15) is 18.1 Å². The van der Waals surface area contributed by atoms with Crippen LogP contribution in [-0.2, 0) is 27.4 Å². The maximum atomic E-state index is 12.7. The Morgan fingerprint density at radius 2 is 1.70 bits per heavy atom. The molecular weight excluding hydrogens is 500 g/mol. The van der Waals surface area contributed by atoms with Gasteiger partial charge in [0.05, 0.1) is 43.9 Å². The maximum absolute atomic E-state index is 12.7. The van der Waals surface area contributed by atoms with Crippen LogP contribution in [0.15, 0.2) is 60.3 Å². The molecule has 37 heavy (non-hydrogen) atoms. The van der Waals surface area contributed by atoms with Crippen molar-refractivity contribution in [2.45, 2.75) is 18.3 Å². The van der Waals surface area contributed by atoms with Gasteiger partial charge in [-0.05, 0) is 42.5 Å². The van der Waals surface area contributed by atoms with E-state index in [0.717, 1.165) is 17.5 Å². The van der Waals surface area contributed by atoms with Crippen molar-refractivity contribution < 1.29 is 33.3 Å². The number of rotatable bonds is 12. The molecule has 1 N–H and O–H groups in total. The van der Waals surface area contributed by atoms with Gasteiger partial charge in [-0.2, -0.15) is 0 Å². The van der Waals surface area contributed by atoms with E-state index in [4.69, 9.17) is 18.9 Å². The van der Waals surface area contributed by atoms with E-state index in [2.05, 4.69) is 22.1 Å². The molecule has 0 aliphatic rings. The molecule has 194 valence electrons. The zero-order valence-electron chi connectivity index (χ0n) is 20.6. The molecular formula is C25H26N4O7S. The van der Waals surface area contributed by atoms with Crippen LogP contribution in [0.3, 0.4) is 0 Å². The lowest BCUT2D eigenvalue weighted by molar-refractivity contribution is -0.113. The van der Waals surface area contributed by atoms with Crippen LogP contribution in [-0.4, -0.2) is 59.7 Å². The summed E-state index contributed by atoms with van der Waals surface area (Å²) in [5.41, 5.74) is 0.396. The number of hydrogen-bond donors (Lipinski definition) is 1. The van der Waals surface area contributed by atoms with Crippen LogP contribution >= 0.6 is 11.8 Å². The third kappa shape index (κ3) is 7.10. The molecule has 3 rings (SSSR count). The number of nitrogens with zero attached hydrogens (tertiary/aromatic N) is 3. The quantitative estimate of drug-likeness (QED) is 0.213. The van der Waals surface area contributed by atoms with Gasteiger partial charge in [-0.15, -0.1) is 16.8 Å². The van der Waals surface area contributed by atoms with Gasteiger partial charge in [-0.25, -0.2) is 9.59 Å². The number of carbonyl (C=O) groups is 3. The molecule has 0 saturated heterocycles. The minimum Gasteiger partial charge on any atom is -0.497 e. The Morgan fingerprint density at radius 3 is 2.35 bits per heavy atom. The van der Waals surface area contributed by atoms with Crippen LogP contribution in [0.2, 0.25) is 0 Å². The molecule has 0 aliphatic carbocycles. The smallest absolute Gasteiger partial charge is 0.339 e. The van der Waals surface area contributed by atoms with E-state index in [1.807, 2.05) is 0 Å². The highest BCUT2D eigenvalue weighted by molar-refractivity contribution is 7.99. The zero-order valence-corrected chi connectivity index (χ0v) is 21.4. The van der Waals surface area contributed by atoms with E-state index in [1.54, 1.807) is 42.0 Å². The average Bonchev–Trinajstić information content (AvgIpc) is 3.31. The molecule has 0 atom stereocenters. The lowest BCUT2D eigenvalue weighted by Crippen LogP contribution is -2.18. The SMILES string of the molecule is C=CCn1c(COc2ccc(OC)cc2)nnc1SCC(=O)Nc1cc(C(=O)OC)ccc1C(=O)OC. The van der Waals surface area contributed by atoms with Crippen LogP contribution in [0.5, 0.6) is 11.5 Å².